The van der Waals surface area contributed by atoms with Crippen molar-refractivity contribution in [1.82, 2.24) is 10.6 Å². The average Bonchev–Trinajstić information content (AvgIpc) is 2.53. The van der Waals surface area contributed by atoms with Crippen LogP contribution in [0.15, 0.2) is 40.3 Å². The third-order valence-electron chi connectivity index (χ3n) is 3.84. The first-order valence-corrected chi connectivity index (χ1v) is 7.44. The molecule has 0 amide bonds. The van der Waals surface area contributed by atoms with E-state index in [1.807, 2.05) is 6.08 Å². The summed E-state index contributed by atoms with van der Waals surface area (Å²) in [5, 5.41) is 25.8. The van der Waals surface area contributed by atoms with Crippen molar-refractivity contribution >= 4 is 12.3 Å². The van der Waals surface area contributed by atoms with Gasteiger partial charge in [-0.15, -0.1) is 0 Å². The standard InChI is InChI=1S/C15H20N4O4/c1-10(19(22)23)2-5-13-8-14(17-9-16-13)18-12-6-3-11(4-7-12)15(20)21/h2,5-6,9,11,14,18H,3-4,7-8H2,1H3,(H,16,17)(H,20,21)/b10-2+,13-5+. The molecule has 23 heavy (non-hydrogen) atoms. The van der Waals surface area contributed by atoms with Gasteiger partial charge in [0, 0.05) is 30.8 Å². The number of carbonyl (C=O) groups is 1. The van der Waals surface area contributed by atoms with Crippen LogP contribution in [0.1, 0.15) is 32.6 Å². The number of carboxylic acids is 1. The number of nitrogens with one attached hydrogen (secondary N) is 2. The molecule has 1 heterocycles. The van der Waals surface area contributed by atoms with Crippen molar-refractivity contribution in [2.24, 2.45) is 10.9 Å². The predicted molar refractivity (Wildman–Crippen MR) is 85.1 cm³/mol. The molecule has 0 spiro atoms. The number of aliphatic carboxylic acids is 1. The molecule has 0 saturated carbocycles. The Balaban J connectivity index is 1.92. The molecular weight excluding hydrogens is 300 g/mol. The zero-order valence-corrected chi connectivity index (χ0v) is 12.9. The van der Waals surface area contributed by atoms with E-state index in [2.05, 4.69) is 15.6 Å². The van der Waals surface area contributed by atoms with Crippen LogP contribution in [-0.4, -0.2) is 28.5 Å². The Labute approximate surface area is 133 Å². The lowest BCUT2D eigenvalue weighted by Gasteiger charge is -2.26. The molecule has 3 N–H and O–H groups in total. The molecule has 2 unspecified atom stereocenters. The highest BCUT2D eigenvalue weighted by Gasteiger charge is 2.22. The highest BCUT2D eigenvalue weighted by atomic mass is 16.6. The molecule has 8 heteroatoms. The number of carboxylic acid groups (broad SMARTS) is 1. The van der Waals surface area contributed by atoms with Gasteiger partial charge in [0.2, 0.25) is 5.70 Å². The summed E-state index contributed by atoms with van der Waals surface area (Å²) in [5.41, 5.74) is 1.91. The highest BCUT2D eigenvalue weighted by Crippen LogP contribution is 2.23. The summed E-state index contributed by atoms with van der Waals surface area (Å²) in [6.07, 6.45) is 8.87. The lowest BCUT2D eigenvalue weighted by Crippen LogP contribution is -2.35. The van der Waals surface area contributed by atoms with Gasteiger partial charge in [0.1, 0.15) is 6.17 Å². The first kappa shape index (κ1) is 16.7. The molecule has 0 radical (unpaired) electrons. The van der Waals surface area contributed by atoms with E-state index in [0.29, 0.717) is 25.7 Å². The summed E-state index contributed by atoms with van der Waals surface area (Å²) >= 11 is 0. The van der Waals surface area contributed by atoms with Crippen LogP contribution in [0.5, 0.6) is 0 Å². The molecular formula is C15H20N4O4. The van der Waals surface area contributed by atoms with Crippen LogP contribution in [0.3, 0.4) is 0 Å². The Morgan fingerprint density at radius 1 is 1.61 bits per heavy atom. The SMILES string of the molecule is C/C(=C\C=C1/CC(NC2=CCC(C(=O)O)CC2)N=CN1)[N+](=O)[O-]. The van der Waals surface area contributed by atoms with Gasteiger partial charge in [0.25, 0.3) is 0 Å². The molecule has 124 valence electrons. The molecule has 8 nitrogen and oxygen atoms in total. The molecule has 2 aliphatic rings. The van der Waals surface area contributed by atoms with Gasteiger partial charge >= 0.3 is 5.97 Å². The quantitative estimate of drug-likeness (QED) is 0.525. The largest absolute Gasteiger partial charge is 0.481 e. The Bertz CT molecular complexity index is 607. The van der Waals surface area contributed by atoms with Crippen molar-refractivity contribution in [2.45, 2.75) is 38.8 Å². The van der Waals surface area contributed by atoms with E-state index in [1.54, 1.807) is 12.4 Å². The molecule has 0 fully saturated rings. The fourth-order valence-electron chi connectivity index (χ4n) is 2.42. The minimum absolute atomic E-state index is 0.0704. The number of rotatable bonds is 5. The Hall–Kier alpha value is -2.64. The Kier molecular flexibility index (Phi) is 5.51. The minimum atomic E-state index is -0.752. The molecule has 1 aliphatic heterocycles. The first-order chi connectivity index (χ1) is 11.0. The van der Waals surface area contributed by atoms with Crippen LogP contribution in [0.25, 0.3) is 0 Å². The van der Waals surface area contributed by atoms with Gasteiger partial charge in [0.15, 0.2) is 0 Å². The Morgan fingerprint density at radius 3 is 3.00 bits per heavy atom. The second kappa shape index (κ2) is 7.57. The van der Waals surface area contributed by atoms with Gasteiger partial charge < -0.3 is 15.7 Å². The molecule has 0 aromatic rings. The van der Waals surface area contributed by atoms with E-state index in [4.69, 9.17) is 5.11 Å². The third-order valence-corrected chi connectivity index (χ3v) is 3.84. The van der Waals surface area contributed by atoms with E-state index < -0.39 is 10.9 Å². The van der Waals surface area contributed by atoms with Crippen LogP contribution in [0.2, 0.25) is 0 Å². The van der Waals surface area contributed by atoms with E-state index >= 15 is 0 Å². The van der Waals surface area contributed by atoms with Gasteiger partial charge in [-0.3, -0.25) is 19.9 Å². The smallest absolute Gasteiger partial charge is 0.306 e. The zero-order chi connectivity index (χ0) is 16.8. The monoisotopic (exact) mass is 320 g/mol. The van der Waals surface area contributed by atoms with Gasteiger partial charge in [-0.25, -0.2) is 0 Å². The van der Waals surface area contributed by atoms with Gasteiger partial charge in [0.05, 0.1) is 17.2 Å². The fourth-order valence-corrected chi connectivity index (χ4v) is 2.42. The summed E-state index contributed by atoms with van der Waals surface area (Å²) in [4.78, 5) is 25.4. The molecule has 0 aromatic heterocycles. The van der Waals surface area contributed by atoms with E-state index in [-0.39, 0.29) is 17.8 Å². The molecule has 2 rings (SSSR count). The summed E-state index contributed by atoms with van der Waals surface area (Å²) in [5.74, 6) is -1.05. The van der Waals surface area contributed by atoms with Crippen molar-refractivity contribution in [1.29, 1.82) is 0 Å². The van der Waals surface area contributed by atoms with Crippen LogP contribution < -0.4 is 10.6 Å². The number of nitro groups is 1. The number of nitrogens with zero attached hydrogens (tertiary/aromatic N) is 2. The maximum Gasteiger partial charge on any atom is 0.306 e. The molecule has 1 aliphatic carbocycles. The van der Waals surface area contributed by atoms with Crippen molar-refractivity contribution in [3.63, 3.8) is 0 Å². The van der Waals surface area contributed by atoms with E-state index in [1.165, 1.54) is 13.0 Å². The molecule has 0 bridgehead atoms. The minimum Gasteiger partial charge on any atom is -0.481 e. The summed E-state index contributed by atoms with van der Waals surface area (Å²) < 4.78 is 0. The number of allylic oxidation sites excluding steroid dienone is 5. The predicted octanol–water partition coefficient (Wildman–Crippen LogP) is 1.76. The second-order valence-electron chi connectivity index (χ2n) is 5.58. The Morgan fingerprint density at radius 2 is 2.39 bits per heavy atom. The maximum absolute atomic E-state index is 10.9. The lowest BCUT2D eigenvalue weighted by atomic mass is 9.92. The highest BCUT2D eigenvalue weighted by molar-refractivity contribution is 5.70. The van der Waals surface area contributed by atoms with Gasteiger partial charge in [-0.1, -0.05) is 6.08 Å². The van der Waals surface area contributed by atoms with Crippen LogP contribution in [0.4, 0.5) is 0 Å². The van der Waals surface area contributed by atoms with Crippen molar-refractivity contribution < 1.29 is 14.8 Å². The van der Waals surface area contributed by atoms with Crippen LogP contribution >= 0.6 is 0 Å². The third kappa shape index (κ3) is 4.94. The average molecular weight is 320 g/mol. The lowest BCUT2D eigenvalue weighted by molar-refractivity contribution is -0.424. The number of aliphatic imine (C=N–C) groups is 1. The molecule has 0 saturated heterocycles. The summed E-state index contributed by atoms with van der Waals surface area (Å²) in [7, 11) is 0. The van der Waals surface area contributed by atoms with Crippen molar-refractivity contribution in [3.05, 3.63) is 45.4 Å². The van der Waals surface area contributed by atoms with Gasteiger partial charge in [-0.2, -0.15) is 0 Å². The maximum atomic E-state index is 10.9. The molecule has 0 aromatic carbocycles. The zero-order valence-electron chi connectivity index (χ0n) is 12.9. The van der Waals surface area contributed by atoms with E-state index in [9.17, 15) is 14.9 Å². The topological polar surface area (TPSA) is 117 Å². The van der Waals surface area contributed by atoms with E-state index in [0.717, 1.165) is 11.4 Å². The number of hydrogen-bond donors (Lipinski definition) is 3. The first-order valence-electron chi connectivity index (χ1n) is 7.44. The van der Waals surface area contributed by atoms with Crippen molar-refractivity contribution in [2.75, 3.05) is 0 Å². The second-order valence-corrected chi connectivity index (χ2v) is 5.58. The summed E-state index contributed by atoms with van der Waals surface area (Å²) in [6.45, 7) is 1.44. The van der Waals surface area contributed by atoms with Crippen LogP contribution in [-0.2, 0) is 4.79 Å². The van der Waals surface area contributed by atoms with Gasteiger partial charge in [-0.05, 0) is 25.3 Å². The van der Waals surface area contributed by atoms with Crippen LogP contribution in [0, 0.1) is 16.0 Å². The fraction of sp³-hybridized carbons (Fsp3) is 0.467. The van der Waals surface area contributed by atoms with Crippen molar-refractivity contribution in [3.8, 4) is 0 Å². The summed E-state index contributed by atoms with van der Waals surface area (Å²) in [6, 6.07) is 0. The molecule has 2 atom stereocenters. The normalized spacial score (nSPS) is 26.4. The number of hydrogen-bond acceptors (Lipinski definition) is 6.